The van der Waals surface area contributed by atoms with Crippen molar-refractivity contribution in [2.45, 2.75) is 12.5 Å². The Morgan fingerprint density at radius 1 is 0.811 bits per heavy atom. The first kappa shape index (κ1) is 25.5. The highest BCUT2D eigenvalue weighted by Gasteiger charge is 2.22. The fraction of sp³-hybridized carbons (Fsp3) is 0.129. The third-order valence-corrected chi connectivity index (χ3v) is 5.73. The predicted octanol–water partition coefficient (Wildman–Crippen LogP) is 4.79. The van der Waals surface area contributed by atoms with Gasteiger partial charge in [-0.2, -0.15) is 0 Å². The number of ether oxygens (including phenoxy) is 1. The van der Waals surface area contributed by atoms with E-state index in [1.165, 1.54) is 0 Å². The molecular formula is C31H29N3O3. The molecule has 1 aromatic heterocycles. The van der Waals surface area contributed by atoms with Crippen molar-refractivity contribution in [2.75, 3.05) is 13.3 Å². The van der Waals surface area contributed by atoms with Crippen LogP contribution in [0.1, 0.15) is 27.0 Å². The molecule has 0 spiro atoms. The Labute approximate surface area is 217 Å². The quantitative estimate of drug-likeness (QED) is 0.220. The summed E-state index contributed by atoms with van der Waals surface area (Å²) in [7, 11) is 0. The summed E-state index contributed by atoms with van der Waals surface area (Å²) in [6, 6.07) is 29.5. The summed E-state index contributed by atoms with van der Waals surface area (Å²) in [4.78, 5) is 30.5. The maximum absolute atomic E-state index is 13.3. The van der Waals surface area contributed by atoms with E-state index in [4.69, 9.17) is 4.74 Å². The number of amides is 1. The lowest BCUT2D eigenvalue weighted by Crippen LogP contribution is -2.46. The molecule has 4 aromatic rings. The minimum Gasteiger partial charge on any atom is -0.478 e. The largest absolute Gasteiger partial charge is 0.478 e. The van der Waals surface area contributed by atoms with Gasteiger partial charge < -0.3 is 10.1 Å². The van der Waals surface area contributed by atoms with E-state index >= 15 is 0 Å². The second kappa shape index (κ2) is 13.5. The standard InChI is InChI=1S/C31H29N3O3/c35-30(22-33-23-37-27-12-5-2-6-13-27)29(21-25-9-3-1-4-10-25)34-31(36)28-14-8-7-11-26(28)16-15-24-17-19-32-20-18-24/h1-20,29,33H,21-23H2,(H,34,36)/t29-/m0/s1. The molecule has 3 aromatic carbocycles. The first-order valence-corrected chi connectivity index (χ1v) is 12.1. The van der Waals surface area contributed by atoms with Crippen molar-refractivity contribution in [3.63, 3.8) is 0 Å². The normalized spacial score (nSPS) is 11.7. The van der Waals surface area contributed by atoms with Crippen molar-refractivity contribution in [1.82, 2.24) is 15.6 Å². The lowest BCUT2D eigenvalue weighted by atomic mass is 10.0. The predicted molar refractivity (Wildman–Crippen MR) is 146 cm³/mol. The minimum atomic E-state index is -0.698. The molecule has 0 aliphatic heterocycles. The minimum absolute atomic E-state index is 0.0637. The van der Waals surface area contributed by atoms with Gasteiger partial charge in [-0.25, -0.2) is 0 Å². The molecule has 1 atom stereocenters. The number of ketones is 1. The van der Waals surface area contributed by atoms with Crippen molar-refractivity contribution in [3.8, 4) is 5.75 Å². The molecule has 6 nitrogen and oxygen atoms in total. The molecule has 4 rings (SSSR count). The van der Waals surface area contributed by atoms with Crippen LogP contribution in [-0.4, -0.2) is 36.0 Å². The number of nitrogens with one attached hydrogen (secondary N) is 2. The van der Waals surface area contributed by atoms with E-state index in [2.05, 4.69) is 15.6 Å². The number of hydrogen-bond donors (Lipinski definition) is 2. The maximum Gasteiger partial charge on any atom is 0.252 e. The molecule has 0 saturated heterocycles. The molecule has 0 aliphatic rings. The maximum atomic E-state index is 13.3. The Morgan fingerprint density at radius 2 is 1.49 bits per heavy atom. The average Bonchev–Trinajstić information content (AvgIpc) is 2.95. The SMILES string of the molecule is O=C(N[C@@H](Cc1ccccc1)C(=O)CNCOc1ccccc1)c1ccccc1C=Cc1ccncc1. The first-order chi connectivity index (χ1) is 18.2. The summed E-state index contributed by atoms with van der Waals surface area (Å²) < 4.78 is 5.62. The Balaban J connectivity index is 1.44. The number of carbonyl (C=O) groups excluding carboxylic acids is 2. The van der Waals surface area contributed by atoms with Gasteiger partial charge in [-0.15, -0.1) is 0 Å². The second-order valence-electron chi connectivity index (χ2n) is 8.41. The van der Waals surface area contributed by atoms with Crippen LogP contribution in [0.5, 0.6) is 5.75 Å². The highest BCUT2D eigenvalue weighted by atomic mass is 16.5. The summed E-state index contributed by atoms with van der Waals surface area (Å²) in [5.74, 6) is 0.288. The van der Waals surface area contributed by atoms with Gasteiger partial charge in [-0.3, -0.25) is 19.9 Å². The van der Waals surface area contributed by atoms with Gasteiger partial charge in [-0.05, 0) is 53.4 Å². The van der Waals surface area contributed by atoms with E-state index < -0.39 is 6.04 Å². The zero-order valence-corrected chi connectivity index (χ0v) is 20.4. The number of carbonyl (C=O) groups is 2. The Morgan fingerprint density at radius 3 is 2.24 bits per heavy atom. The third-order valence-electron chi connectivity index (χ3n) is 5.73. The van der Waals surface area contributed by atoms with Gasteiger partial charge in [0.05, 0.1) is 12.6 Å². The summed E-state index contributed by atoms with van der Waals surface area (Å²) >= 11 is 0. The van der Waals surface area contributed by atoms with Gasteiger partial charge in [0.2, 0.25) is 0 Å². The zero-order chi connectivity index (χ0) is 25.7. The van der Waals surface area contributed by atoms with E-state index in [9.17, 15) is 9.59 Å². The molecule has 0 saturated carbocycles. The van der Waals surface area contributed by atoms with Gasteiger partial charge in [0.25, 0.3) is 5.91 Å². The molecule has 0 aliphatic carbocycles. The van der Waals surface area contributed by atoms with E-state index in [0.29, 0.717) is 17.7 Å². The average molecular weight is 492 g/mol. The third kappa shape index (κ3) is 7.98. The van der Waals surface area contributed by atoms with Crippen LogP contribution in [-0.2, 0) is 11.2 Å². The van der Waals surface area contributed by atoms with Crippen LogP contribution < -0.4 is 15.4 Å². The molecule has 0 radical (unpaired) electrons. The fourth-order valence-corrected chi connectivity index (χ4v) is 3.79. The van der Waals surface area contributed by atoms with Crippen LogP contribution >= 0.6 is 0 Å². The number of nitrogens with zero attached hydrogens (tertiary/aromatic N) is 1. The summed E-state index contributed by atoms with van der Waals surface area (Å²) in [5.41, 5.74) is 3.20. The topological polar surface area (TPSA) is 80.3 Å². The number of aromatic nitrogens is 1. The smallest absolute Gasteiger partial charge is 0.252 e. The summed E-state index contributed by atoms with van der Waals surface area (Å²) in [6.07, 6.45) is 7.65. The van der Waals surface area contributed by atoms with Gasteiger partial charge >= 0.3 is 0 Å². The van der Waals surface area contributed by atoms with Gasteiger partial charge in [0.15, 0.2) is 5.78 Å². The number of hydrogen-bond acceptors (Lipinski definition) is 5. The molecule has 0 unspecified atom stereocenters. The monoisotopic (exact) mass is 491 g/mol. The summed E-state index contributed by atoms with van der Waals surface area (Å²) in [6.45, 7) is 0.249. The lowest BCUT2D eigenvalue weighted by Gasteiger charge is -2.19. The molecule has 0 fully saturated rings. The van der Waals surface area contributed by atoms with Crippen molar-refractivity contribution in [2.24, 2.45) is 0 Å². The van der Waals surface area contributed by atoms with Crippen LogP contribution in [0.15, 0.2) is 109 Å². The number of Topliss-reactive ketones (excluding diaryl/α,β-unsaturated/α-hetero) is 1. The van der Waals surface area contributed by atoms with E-state index in [1.807, 2.05) is 103 Å². The highest BCUT2D eigenvalue weighted by Crippen LogP contribution is 2.14. The van der Waals surface area contributed by atoms with Crippen LogP contribution in [0.4, 0.5) is 0 Å². The number of benzene rings is 3. The number of pyridine rings is 1. The van der Waals surface area contributed by atoms with E-state index in [-0.39, 0.29) is 25.0 Å². The fourth-order valence-electron chi connectivity index (χ4n) is 3.79. The van der Waals surface area contributed by atoms with Crippen molar-refractivity contribution in [1.29, 1.82) is 0 Å². The summed E-state index contributed by atoms with van der Waals surface area (Å²) in [5, 5.41) is 5.99. The molecular weight excluding hydrogens is 462 g/mol. The molecule has 0 bridgehead atoms. The Bertz CT molecular complexity index is 1310. The zero-order valence-electron chi connectivity index (χ0n) is 20.4. The molecule has 1 amide bonds. The van der Waals surface area contributed by atoms with Crippen molar-refractivity contribution < 1.29 is 14.3 Å². The molecule has 6 heteroatoms. The Hall–Kier alpha value is -4.55. The number of para-hydroxylation sites is 1. The first-order valence-electron chi connectivity index (χ1n) is 12.1. The van der Waals surface area contributed by atoms with Crippen LogP contribution in [0, 0.1) is 0 Å². The highest BCUT2D eigenvalue weighted by molar-refractivity contribution is 6.01. The van der Waals surface area contributed by atoms with Crippen molar-refractivity contribution in [3.05, 3.63) is 132 Å². The lowest BCUT2D eigenvalue weighted by molar-refractivity contribution is -0.120. The van der Waals surface area contributed by atoms with Crippen LogP contribution in [0.25, 0.3) is 12.2 Å². The molecule has 1 heterocycles. The van der Waals surface area contributed by atoms with E-state index in [0.717, 1.165) is 16.7 Å². The van der Waals surface area contributed by atoms with Gasteiger partial charge in [-0.1, -0.05) is 78.9 Å². The molecule has 2 N–H and O–H groups in total. The van der Waals surface area contributed by atoms with Crippen LogP contribution in [0.2, 0.25) is 0 Å². The van der Waals surface area contributed by atoms with Crippen molar-refractivity contribution >= 4 is 23.8 Å². The molecule has 37 heavy (non-hydrogen) atoms. The van der Waals surface area contributed by atoms with Gasteiger partial charge in [0.1, 0.15) is 12.5 Å². The van der Waals surface area contributed by atoms with E-state index in [1.54, 1.807) is 18.5 Å². The molecule has 186 valence electrons. The number of rotatable bonds is 12. The van der Waals surface area contributed by atoms with Gasteiger partial charge in [0, 0.05) is 18.0 Å². The second-order valence-corrected chi connectivity index (χ2v) is 8.41. The van der Waals surface area contributed by atoms with Crippen LogP contribution in [0.3, 0.4) is 0 Å². The Kier molecular flexibility index (Phi) is 9.33.